The number of rotatable bonds is 1. The third-order valence-electron chi connectivity index (χ3n) is 4.10. The highest BCUT2D eigenvalue weighted by Crippen LogP contribution is 2.39. The molecule has 0 radical (unpaired) electrons. The molecule has 17 heavy (non-hydrogen) atoms. The number of nitrogens with two attached hydrogens (primary N) is 1. The molecule has 0 amide bonds. The number of hydrogen-bond donors (Lipinski definition) is 1. The Labute approximate surface area is 105 Å². The number of hydrogen-bond acceptors (Lipinski definition) is 2. The van der Waals surface area contributed by atoms with Crippen LogP contribution in [0.3, 0.4) is 0 Å². The summed E-state index contributed by atoms with van der Waals surface area (Å²) in [7, 11) is 0. The van der Waals surface area contributed by atoms with Gasteiger partial charge in [-0.2, -0.15) is 0 Å². The van der Waals surface area contributed by atoms with E-state index in [1.54, 1.807) is 0 Å². The van der Waals surface area contributed by atoms with Crippen LogP contribution in [0.2, 0.25) is 0 Å². The lowest BCUT2D eigenvalue weighted by Gasteiger charge is -2.48. The van der Waals surface area contributed by atoms with Crippen LogP contribution in [0.1, 0.15) is 31.9 Å². The Morgan fingerprint density at radius 1 is 1.18 bits per heavy atom. The molecular weight excluding hydrogens is 208 g/mol. The van der Waals surface area contributed by atoms with E-state index < -0.39 is 0 Å². The lowest BCUT2D eigenvalue weighted by Crippen LogP contribution is -2.52. The van der Waals surface area contributed by atoms with Crippen LogP contribution in [-0.2, 0) is 0 Å². The molecule has 0 aromatic heterocycles. The maximum absolute atomic E-state index is 6.00. The largest absolute Gasteiger partial charge is 0.398 e. The molecule has 1 aliphatic heterocycles. The van der Waals surface area contributed by atoms with E-state index in [2.05, 4.69) is 45.6 Å². The van der Waals surface area contributed by atoms with Gasteiger partial charge >= 0.3 is 0 Å². The van der Waals surface area contributed by atoms with E-state index in [-0.39, 0.29) is 0 Å². The summed E-state index contributed by atoms with van der Waals surface area (Å²) in [6, 6.07) is 4.14. The first-order valence-corrected chi connectivity index (χ1v) is 6.41. The minimum atomic E-state index is 0.415. The van der Waals surface area contributed by atoms with E-state index in [9.17, 15) is 0 Å². The summed E-state index contributed by atoms with van der Waals surface area (Å²) in [4.78, 5) is 2.47. The van der Waals surface area contributed by atoms with Gasteiger partial charge in [-0.25, -0.2) is 0 Å². The first kappa shape index (κ1) is 12.3. The van der Waals surface area contributed by atoms with Crippen LogP contribution in [0.4, 0.5) is 11.4 Å². The second-order valence-electron chi connectivity index (χ2n) is 6.41. The minimum Gasteiger partial charge on any atom is -0.398 e. The first-order valence-electron chi connectivity index (χ1n) is 6.41. The first-order chi connectivity index (χ1) is 7.80. The lowest BCUT2D eigenvalue weighted by molar-refractivity contribution is 0.195. The summed E-state index contributed by atoms with van der Waals surface area (Å²) in [5.41, 5.74) is 11.2. The molecule has 0 saturated carbocycles. The molecule has 0 bridgehead atoms. The van der Waals surface area contributed by atoms with E-state index in [1.165, 1.54) is 16.8 Å². The highest BCUT2D eigenvalue weighted by Gasteiger charge is 2.36. The smallest absolute Gasteiger partial charge is 0.0446 e. The zero-order chi connectivity index (χ0) is 12.8. The van der Waals surface area contributed by atoms with Gasteiger partial charge in [-0.3, -0.25) is 0 Å². The van der Waals surface area contributed by atoms with Gasteiger partial charge < -0.3 is 10.6 Å². The predicted molar refractivity (Wildman–Crippen MR) is 75.5 cm³/mol. The number of anilines is 2. The summed E-state index contributed by atoms with van der Waals surface area (Å²) in [5.74, 6) is 0.794. The Morgan fingerprint density at radius 3 is 2.29 bits per heavy atom. The Hall–Kier alpha value is -1.18. The molecule has 0 aliphatic carbocycles. The molecule has 2 nitrogen and oxygen atoms in total. The standard InChI is InChI=1S/C15H24N2/c1-10-6-7-13(16)11(2)14(10)17-8-12(9-17)15(3,4)5/h6-7,12H,8-9,16H2,1-5H3. The number of aryl methyl sites for hydroxylation is 1. The molecule has 0 spiro atoms. The summed E-state index contributed by atoms with van der Waals surface area (Å²) < 4.78 is 0. The molecule has 1 aromatic rings. The van der Waals surface area contributed by atoms with Crippen molar-refractivity contribution in [3.8, 4) is 0 Å². The van der Waals surface area contributed by atoms with Crippen LogP contribution < -0.4 is 10.6 Å². The molecule has 0 atom stereocenters. The van der Waals surface area contributed by atoms with Crippen molar-refractivity contribution in [1.29, 1.82) is 0 Å². The van der Waals surface area contributed by atoms with E-state index in [0.29, 0.717) is 5.41 Å². The topological polar surface area (TPSA) is 29.3 Å². The molecule has 1 aromatic carbocycles. The van der Waals surface area contributed by atoms with E-state index >= 15 is 0 Å². The predicted octanol–water partition coefficient (Wildman–Crippen LogP) is 3.37. The molecule has 1 aliphatic rings. The van der Waals surface area contributed by atoms with Crippen LogP contribution >= 0.6 is 0 Å². The maximum atomic E-state index is 6.00. The monoisotopic (exact) mass is 232 g/mol. The fourth-order valence-corrected chi connectivity index (χ4v) is 2.55. The van der Waals surface area contributed by atoms with Crippen molar-refractivity contribution in [3.05, 3.63) is 23.3 Å². The van der Waals surface area contributed by atoms with E-state index in [0.717, 1.165) is 24.7 Å². The normalized spacial score (nSPS) is 17.1. The molecule has 2 rings (SSSR count). The maximum Gasteiger partial charge on any atom is 0.0446 e. The van der Waals surface area contributed by atoms with Crippen molar-refractivity contribution < 1.29 is 0 Å². The lowest BCUT2D eigenvalue weighted by atomic mass is 9.75. The second kappa shape index (κ2) is 3.94. The van der Waals surface area contributed by atoms with Crippen molar-refractivity contribution in [1.82, 2.24) is 0 Å². The summed E-state index contributed by atoms with van der Waals surface area (Å²) in [6.07, 6.45) is 0. The molecule has 0 unspecified atom stereocenters. The minimum absolute atomic E-state index is 0.415. The molecule has 1 fully saturated rings. The zero-order valence-electron chi connectivity index (χ0n) is 11.7. The molecule has 1 saturated heterocycles. The van der Waals surface area contributed by atoms with Crippen molar-refractivity contribution in [3.63, 3.8) is 0 Å². The fraction of sp³-hybridized carbons (Fsp3) is 0.600. The average molecular weight is 232 g/mol. The third-order valence-corrected chi connectivity index (χ3v) is 4.10. The molecule has 2 heteroatoms. The van der Waals surface area contributed by atoms with Crippen molar-refractivity contribution >= 4 is 11.4 Å². The zero-order valence-corrected chi connectivity index (χ0v) is 11.7. The van der Waals surface area contributed by atoms with Gasteiger partial charge in [-0.05, 0) is 42.4 Å². The van der Waals surface area contributed by atoms with E-state index in [1.807, 2.05) is 6.07 Å². The summed E-state index contributed by atoms with van der Waals surface area (Å²) >= 11 is 0. The van der Waals surface area contributed by atoms with Gasteiger partial charge in [0.15, 0.2) is 0 Å². The number of nitrogens with zero attached hydrogens (tertiary/aromatic N) is 1. The van der Waals surface area contributed by atoms with Gasteiger partial charge in [0.2, 0.25) is 0 Å². The SMILES string of the molecule is Cc1ccc(N)c(C)c1N1CC(C(C)(C)C)C1. The van der Waals surface area contributed by atoms with Gasteiger partial charge in [0.05, 0.1) is 0 Å². The van der Waals surface area contributed by atoms with Crippen molar-refractivity contribution in [2.75, 3.05) is 23.7 Å². The van der Waals surface area contributed by atoms with Crippen LogP contribution in [0.25, 0.3) is 0 Å². The highest BCUT2D eigenvalue weighted by atomic mass is 15.2. The van der Waals surface area contributed by atoms with Crippen LogP contribution in [0.15, 0.2) is 12.1 Å². The Morgan fingerprint density at radius 2 is 1.76 bits per heavy atom. The van der Waals surface area contributed by atoms with Crippen molar-refractivity contribution in [2.24, 2.45) is 11.3 Å². The quantitative estimate of drug-likeness (QED) is 0.752. The molecule has 94 valence electrons. The van der Waals surface area contributed by atoms with E-state index in [4.69, 9.17) is 5.73 Å². The van der Waals surface area contributed by atoms with Gasteiger partial charge in [0, 0.05) is 24.5 Å². The second-order valence-corrected chi connectivity index (χ2v) is 6.41. The molecule has 2 N–H and O–H groups in total. The molecule has 1 heterocycles. The van der Waals surface area contributed by atoms with Gasteiger partial charge in [0.25, 0.3) is 0 Å². The van der Waals surface area contributed by atoms with Crippen LogP contribution in [0, 0.1) is 25.2 Å². The third kappa shape index (κ3) is 2.13. The Balaban J connectivity index is 2.20. The number of benzene rings is 1. The summed E-state index contributed by atoms with van der Waals surface area (Å²) in [5, 5.41) is 0. The molecular formula is C15H24N2. The Bertz CT molecular complexity index is 423. The van der Waals surface area contributed by atoms with Crippen molar-refractivity contribution in [2.45, 2.75) is 34.6 Å². The van der Waals surface area contributed by atoms with Gasteiger partial charge in [-0.15, -0.1) is 0 Å². The van der Waals surface area contributed by atoms with Gasteiger partial charge in [0.1, 0.15) is 0 Å². The fourth-order valence-electron chi connectivity index (χ4n) is 2.55. The highest BCUT2D eigenvalue weighted by molar-refractivity contribution is 5.69. The number of nitrogen functional groups attached to an aromatic ring is 1. The average Bonchev–Trinajstić information content (AvgIpc) is 2.13. The Kier molecular flexibility index (Phi) is 2.84. The van der Waals surface area contributed by atoms with Crippen LogP contribution in [-0.4, -0.2) is 13.1 Å². The van der Waals surface area contributed by atoms with Gasteiger partial charge in [-0.1, -0.05) is 26.8 Å². The van der Waals surface area contributed by atoms with Crippen LogP contribution in [0.5, 0.6) is 0 Å². The summed E-state index contributed by atoms with van der Waals surface area (Å²) in [6.45, 7) is 13.6.